The highest BCUT2D eigenvalue weighted by Crippen LogP contribution is 2.47. The first-order valence-electron chi connectivity index (χ1n) is 7.92. The zero-order chi connectivity index (χ0) is 15.5. The van der Waals surface area contributed by atoms with Gasteiger partial charge in [0.25, 0.3) is 0 Å². The number of nitrogens with one attached hydrogen (secondary N) is 3. The average molecular weight is 305 g/mol. The lowest BCUT2D eigenvalue weighted by Crippen LogP contribution is -2.29. The molecule has 0 unspecified atom stereocenters. The van der Waals surface area contributed by atoms with Crippen LogP contribution in [0.4, 0.5) is 5.69 Å². The highest BCUT2D eigenvalue weighted by atomic mass is 16.2. The summed E-state index contributed by atoms with van der Waals surface area (Å²) in [7, 11) is 1.59. The zero-order valence-electron chi connectivity index (χ0n) is 12.8. The fraction of sp³-hybridized carbons (Fsp3) is 0.667. The number of anilines is 1. The first-order chi connectivity index (χ1) is 10.7. The highest BCUT2D eigenvalue weighted by molar-refractivity contribution is 5.94. The predicted octanol–water partition coefficient (Wildman–Crippen LogP) is 0.203. The molecule has 1 aliphatic heterocycles. The topological polar surface area (TPSA) is 88.0 Å². The van der Waals surface area contributed by atoms with Crippen LogP contribution in [-0.4, -0.2) is 41.7 Å². The summed E-state index contributed by atoms with van der Waals surface area (Å²) >= 11 is 0. The summed E-state index contributed by atoms with van der Waals surface area (Å²) in [5, 5.41) is 12.9. The molecule has 7 heteroatoms. The standard InChI is InChI=1S/C15H23N5O2/c1-16-14(21)9-20-8-11(7-18-20)19-15(22)13-6-12(13)10-2-4-17-5-3-10/h7-8,10,12-13,17H,2-6,9H2,1H3,(H,16,21)(H,19,22)/t12-,13+/m0/s1. The van der Waals surface area contributed by atoms with Crippen molar-refractivity contribution in [2.45, 2.75) is 25.8 Å². The summed E-state index contributed by atoms with van der Waals surface area (Å²) in [6, 6.07) is 0. The number of hydrogen-bond acceptors (Lipinski definition) is 4. The van der Waals surface area contributed by atoms with E-state index in [2.05, 4.69) is 21.0 Å². The molecule has 0 aromatic carbocycles. The number of carbonyl (C=O) groups excluding carboxylic acids is 2. The first kappa shape index (κ1) is 15.0. The lowest BCUT2D eigenvalue weighted by molar-refractivity contribution is -0.121. The van der Waals surface area contributed by atoms with Crippen LogP contribution in [0, 0.1) is 17.8 Å². The second-order valence-electron chi connectivity index (χ2n) is 6.18. The van der Waals surface area contributed by atoms with Crippen molar-refractivity contribution in [3.05, 3.63) is 12.4 Å². The lowest BCUT2D eigenvalue weighted by atomic mass is 9.92. The van der Waals surface area contributed by atoms with Gasteiger partial charge in [0, 0.05) is 19.2 Å². The molecule has 2 heterocycles. The van der Waals surface area contributed by atoms with Crippen LogP contribution in [0.25, 0.3) is 0 Å². The van der Waals surface area contributed by atoms with Crippen LogP contribution in [0.3, 0.4) is 0 Å². The van der Waals surface area contributed by atoms with Crippen molar-refractivity contribution in [2.75, 3.05) is 25.5 Å². The Labute approximate surface area is 129 Å². The van der Waals surface area contributed by atoms with Crippen molar-refractivity contribution in [3.8, 4) is 0 Å². The first-order valence-corrected chi connectivity index (χ1v) is 7.92. The Balaban J connectivity index is 1.49. The molecule has 7 nitrogen and oxygen atoms in total. The molecule has 0 radical (unpaired) electrons. The van der Waals surface area contributed by atoms with Crippen molar-refractivity contribution in [3.63, 3.8) is 0 Å². The molecule has 3 N–H and O–H groups in total. The van der Waals surface area contributed by atoms with E-state index in [0.29, 0.717) is 17.5 Å². The number of amides is 2. The van der Waals surface area contributed by atoms with E-state index in [1.165, 1.54) is 17.5 Å². The van der Waals surface area contributed by atoms with E-state index >= 15 is 0 Å². The third-order valence-electron chi connectivity index (χ3n) is 4.65. The Morgan fingerprint density at radius 1 is 1.41 bits per heavy atom. The van der Waals surface area contributed by atoms with E-state index in [1.54, 1.807) is 19.4 Å². The number of carbonyl (C=O) groups is 2. The summed E-state index contributed by atoms with van der Waals surface area (Å²) in [6.07, 6.45) is 6.64. The summed E-state index contributed by atoms with van der Waals surface area (Å²) in [5.74, 6) is 1.35. The molecule has 1 saturated heterocycles. The number of hydrogen-bond donors (Lipinski definition) is 3. The fourth-order valence-corrected chi connectivity index (χ4v) is 3.29. The Kier molecular flexibility index (Phi) is 4.42. The summed E-state index contributed by atoms with van der Waals surface area (Å²) in [4.78, 5) is 23.6. The normalized spacial score (nSPS) is 24.8. The van der Waals surface area contributed by atoms with E-state index in [4.69, 9.17) is 0 Å². The van der Waals surface area contributed by atoms with Gasteiger partial charge in [0.1, 0.15) is 6.54 Å². The summed E-state index contributed by atoms with van der Waals surface area (Å²) in [5.41, 5.74) is 0.657. The van der Waals surface area contributed by atoms with Crippen LogP contribution in [-0.2, 0) is 16.1 Å². The fourth-order valence-electron chi connectivity index (χ4n) is 3.29. The Bertz CT molecular complexity index is 550. The van der Waals surface area contributed by atoms with E-state index < -0.39 is 0 Å². The summed E-state index contributed by atoms with van der Waals surface area (Å²) in [6.45, 7) is 2.30. The minimum atomic E-state index is -0.117. The van der Waals surface area contributed by atoms with Gasteiger partial charge in [-0.3, -0.25) is 14.3 Å². The molecule has 2 amide bonds. The second-order valence-corrected chi connectivity index (χ2v) is 6.18. The van der Waals surface area contributed by atoms with Gasteiger partial charge in [-0.1, -0.05) is 0 Å². The molecule has 22 heavy (non-hydrogen) atoms. The molecule has 2 atom stereocenters. The molecular weight excluding hydrogens is 282 g/mol. The van der Waals surface area contributed by atoms with Gasteiger partial charge in [0.05, 0.1) is 11.9 Å². The number of likely N-dealkylation sites (N-methyl/N-ethyl adjacent to an activating group) is 1. The SMILES string of the molecule is CNC(=O)Cn1cc(NC(=O)[C@@H]2C[C@H]2C2CCNCC2)cn1. The van der Waals surface area contributed by atoms with E-state index in [0.717, 1.165) is 19.5 Å². The number of rotatable bonds is 5. The zero-order valence-corrected chi connectivity index (χ0v) is 12.8. The quantitative estimate of drug-likeness (QED) is 0.725. The van der Waals surface area contributed by atoms with E-state index in [9.17, 15) is 9.59 Å². The third-order valence-corrected chi connectivity index (χ3v) is 4.65. The van der Waals surface area contributed by atoms with Crippen LogP contribution >= 0.6 is 0 Å². The van der Waals surface area contributed by atoms with Gasteiger partial charge >= 0.3 is 0 Å². The monoisotopic (exact) mass is 305 g/mol. The highest BCUT2D eigenvalue weighted by Gasteiger charge is 2.47. The van der Waals surface area contributed by atoms with Crippen molar-refractivity contribution < 1.29 is 9.59 Å². The minimum Gasteiger partial charge on any atom is -0.358 e. The lowest BCUT2D eigenvalue weighted by Gasteiger charge is -2.22. The number of nitrogens with zero attached hydrogens (tertiary/aromatic N) is 2. The molecule has 1 saturated carbocycles. The maximum atomic E-state index is 12.3. The van der Waals surface area contributed by atoms with Gasteiger partial charge in [-0.05, 0) is 44.2 Å². The van der Waals surface area contributed by atoms with Crippen LogP contribution in [0.2, 0.25) is 0 Å². The number of piperidine rings is 1. The van der Waals surface area contributed by atoms with E-state index in [1.807, 2.05) is 0 Å². The molecule has 1 aliphatic carbocycles. The Hall–Kier alpha value is -1.89. The smallest absolute Gasteiger partial charge is 0.241 e. The van der Waals surface area contributed by atoms with Crippen LogP contribution < -0.4 is 16.0 Å². The van der Waals surface area contributed by atoms with Crippen LogP contribution in [0.15, 0.2) is 12.4 Å². The number of aromatic nitrogens is 2. The van der Waals surface area contributed by atoms with Gasteiger partial charge in [0.2, 0.25) is 11.8 Å². The molecular formula is C15H23N5O2. The average Bonchev–Trinajstić information content (AvgIpc) is 3.24. The van der Waals surface area contributed by atoms with Gasteiger partial charge < -0.3 is 16.0 Å². The maximum Gasteiger partial charge on any atom is 0.241 e. The Morgan fingerprint density at radius 3 is 2.91 bits per heavy atom. The van der Waals surface area contributed by atoms with Crippen molar-refractivity contribution >= 4 is 17.5 Å². The molecule has 2 fully saturated rings. The van der Waals surface area contributed by atoms with Gasteiger partial charge in [-0.2, -0.15) is 5.10 Å². The van der Waals surface area contributed by atoms with Gasteiger partial charge in [0.15, 0.2) is 0 Å². The Morgan fingerprint density at radius 2 is 2.18 bits per heavy atom. The molecule has 120 valence electrons. The predicted molar refractivity (Wildman–Crippen MR) is 82.1 cm³/mol. The maximum absolute atomic E-state index is 12.3. The molecule has 1 aromatic heterocycles. The third kappa shape index (κ3) is 3.47. The molecule has 0 bridgehead atoms. The van der Waals surface area contributed by atoms with Crippen LogP contribution in [0.1, 0.15) is 19.3 Å². The van der Waals surface area contributed by atoms with E-state index in [-0.39, 0.29) is 24.3 Å². The van der Waals surface area contributed by atoms with Gasteiger partial charge in [-0.15, -0.1) is 0 Å². The van der Waals surface area contributed by atoms with Crippen molar-refractivity contribution in [2.24, 2.45) is 17.8 Å². The molecule has 3 rings (SSSR count). The van der Waals surface area contributed by atoms with Crippen molar-refractivity contribution in [1.29, 1.82) is 0 Å². The molecule has 2 aliphatic rings. The van der Waals surface area contributed by atoms with Crippen molar-refractivity contribution in [1.82, 2.24) is 20.4 Å². The summed E-state index contributed by atoms with van der Waals surface area (Å²) < 4.78 is 1.52. The minimum absolute atomic E-state index is 0.0861. The molecule has 0 spiro atoms. The largest absolute Gasteiger partial charge is 0.358 e. The molecule has 1 aromatic rings. The second kappa shape index (κ2) is 6.48. The van der Waals surface area contributed by atoms with Gasteiger partial charge in [-0.25, -0.2) is 0 Å². The van der Waals surface area contributed by atoms with Crippen LogP contribution in [0.5, 0.6) is 0 Å².